The van der Waals surface area contributed by atoms with Gasteiger partial charge in [0.15, 0.2) is 0 Å². The summed E-state index contributed by atoms with van der Waals surface area (Å²) in [5.41, 5.74) is 5.79. The summed E-state index contributed by atoms with van der Waals surface area (Å²) in [6, 6.07) is 31.3. The molecule has 0 atom stereocenters. The van der Waals surface area contributed by atoms with Gasteiger partial charge in [-0.05, 0) is 148 Å². The van der Waals surface area contributed by atoms with Crippen molar-refractivity contribution < 1.29 is 28.0 Å². The molecule has 0 fully saturated rings. The van der Waals surface area contributed by atoms with Gasteiger partial charge in [-0.3, -0.25) is 4.57 Å². The van der Waals surface area contributed by atoms with E-state index in [4.69, 9.17) is 18.5 Å². The van der Waals surface area contributed by atoms with Crippen molar-refractivity contribution in [3.8, 4) is 11.5 Å². The Balaban J connectivity index is 0.977. The summed E-state index contributed by atoms with van der Waals surface area (Å²) in [6.45, 7) is 5.60. The fourth-order valence-corrected chi connectivity index (χ4v) is 5.98. The number of benzene rings is 4. The van der Waals surface area contributed by atoms with Crippen LogP contribution in [-0.2, 0) is 26.5 Å². The van der Waals surface area contributed by atoms with Gasteiger partial charge in [-0.25, -0.2) is 0 Å². The van der Waals surface area contributed by atoms with E-state index in [1.54, 1.807) is 0 Å². The average molecular weight is 742 g/mol. The second kappa shape index (κ2) is 24.2. The molecule has 10 nitrogen and oxygen atoms in total. The van der Waals surface area contributed by atoms with Gasteiger partial charge in [0, 0.05) is 0 Å². The van der Waals surface area contributed by atoms with Crippen LogP contribution in [0.25, 0.3) is 0 Å². The largest absolute Gasteiger partial charge is 0.756 e. The van der Waals surface area contributed by atoms with Crippen LogP contribution in [0.5, 0.6) is 11.5 Å². The van der Waals surface area contributed by atoms with E-state index in [0.717, 1.165) is 72.8 Å². The number of phosphoric acid groups is 1. The van der Waals surface area contributed by atoms with Crippen molar-refractivity contribution in [1.82, 2.24) is 0 Å². The highest BCUT2D eigenvalue weighted by molar-refractivity contribution is 7.45. The maximum Gasteiger partial charge on any atom is 0.267 e. The summed E-state index contributed by atoms with van der Waals surface area (Å²) >= 11 is 0. The molecule has 0 saturated carbocycles. The first-order chi connectivity index (χ1) is 25.9. The molecule has 0 aliphatic carbocycles. The number of rotatable bonds is 26. The van der Waals surface area contributed by atoms with Crippen LogP contribution >= 0.6 is 7.82 Å². The zero-order valence-electron chi connectivity index (χ0n) is 31.2. The molecular weight excluding hydrogens is 687 g/mol. The van der Waals surface area contributed by atoms with Crippen LogP contribution in [0.15, 0.2) is 118 Å². The number of azo groups is 2. The molecule has 0 aliphatic heterocycles. The highest BCUT2D eigenvalue weighted by Crippen LogP contribution is 2.38. The van der Waals surface area contributed by atoms with Crippen LogP contribution in [-0.4, -0.2) is 26.4 Å². The van der Waals surface area contributed by atoms with E-state index >= 15 is 0 Å². The molecule has 284 valence electrons. The quantitative estimate of drug-likeness (QED) is 0.0358. The molecule has 0 amide bonds. The minimum atomic E-state index is -4.32. The van der Waals surface area contributed by atoms with Gasteiger partial charge in [0.05, 0.1) is 49.2 Å². The zero-order chi connectivity index (χ0) is 37.4. The smallest absolute Gasteiger partial charge is 0.267 e. The second-order valence-electron chi connectivity index (χ2n) is 12.9. The fraction of sp³-hybridized carbons (Fsp3) is 0.429. The SMILES string of the molecule is CCCCc1ccc(N=Nc2ccc(OCCCCCOP(=O)([O-])OCCCCCOc3ccc(N=Nc4ccc(CCCC)cc4)cc3)cc2)cc1. The van der Waals surface area contributed by atoms with Gasteiger partial charge in [-0.15, -0.1) is 0 Å². The third-order valence-corrected chi connectivity index (χ3v) is 9.36. The lowest BCUT2D eigenvalue weighted by Crippen LogP contribution is -2.10. The van der Waals surface area contributed by atoms with Crippen molar-refractivity contribution in [3.63, 3.8) is 0 Å². The van der Waals surface area contributed by atoms with Gasteiger partial charge in [-0.1, -0.05) is 51.0 Å². The Labute approximate surface area is 315 Å². The number of ether oxygens (including phenoxy) is 2. The van der Waals surface area contributed by atoms with E-state index in [1.165, 1.54) is 36.8 Å². The van der Waals surface area contributed by atoms with Crippen LogP contribution in [0.2, 0.25) is 0 Å². The van der Waals surface area contributed by atoms with Crippen molar-refractivity contribution >= 4 is 30.6 Å². The number of aryl methyl sites for hydroxylation is 2. The molecule has 0 radical (unpaired) electrons. The number of unbranched alkanes of at least 4 members (excludes halogenated alkanes) is 6. The van der Waals surface area contributed by atoms with Crippen LogP contribution in [0, 0.1) is 0 Å². The third kappa shape index (κ3) is 17.4. The predicted molar refractivity (Wildman–Crippen MR) is 210 cm³/mol. The third-order valence-electron chi connectivity index (χ3n) is 8.36. The summed E-state index contributed by atoms with van der Waals surface area (Å²) < 4.78 is 33.7. The maximum absolute atomic E-state index is 12.1. The summed E-state index contributed by atoms with van der Waals surface area (Å²) in [4.78, 5) is 12.1. The number of phosphoric ester groups is 1. The summed E-state index contributed by atoms with van der Waals surface area (Å²) in [5.74, 6) is 1.49. The van der Waals surface area contributed by atoms with E-state index in [2.05, 4.69) is 58.6 Å². The molecule has 0 saturated heterocycles. The first-order valence-electron chi connectivity index (χ1n) is 19.0. The number of nitrogens with zero attached hydrogens (tertiary/aromatic N) is 4. The van der Waals surface area contributed by atoms with Gasteiger partial charge >= 0.3 is 0 Å². The minimum Gasteiger partial charge on any atom is -0.756 e. The van der Waals surface area contributed by atoms with Crippen LogP contribution < -0.4 is 14.4 Å². The van der Waals surface area contributed by atoms with Gasteiger partial charge in [-0.2, -0.15) is 20.5 Å². The van der Waals surface area contributed by atoms with Gasteiger partial charge in [0.25, 0.3) is 7.82 Å². The van der Waals surface area contributed by atoms with E-state index in [1.807, 2.05) is 72.8 Å². The summed E-state index contributed by atoms with van der Waals surface area (Å²) in [5, 5.41) is 17.3. The Morgan fingerprint density at radius 3 is 1.11 bits per heavy atom. The van der Waals surface area contributed by atoms with Crippen molar-refractivity contribution in [2.24, 2.45) is 20.5 Å². The molecular formula is C42H54N4O6P-. The molecule has 0 N–H and O–H groups in total. The molecule has 4 aromatic carbocycles. The predicted octanol–water partition coefficient (Wildman–Crippen LogP) is 12.5. The standard InChI is InChI=1S/C42H55N4O6P/c1-3-5-13-35-15-19-37(20-16-35)43-45-39-23-27-41(28-24-39)49-31-9-7-11-33-51-53(47,48)52-34-12-8-10-32-50-42-29-25-40(26-30-42)46-44-38-21-17-36(18-22-38)14-6-4-2/h15-30H,3-14,31-34H2,1-2H3,(H,47,48)/p-1. The lowest BCUT2D eigenvalue weighted by molar-refractivity contribution is -0.225. The Kier molecular flexibility index (Phi) is 18.9. The number of hydrogen-bond acceptors (Lipinski definition) is 10. The molecule has 4 rings (SSSR count). The molecule has 4 aromatic rings. The van der Waals surface area contributed by atoms with Crippen LogP contribution in [0.3, 0.4) is 0 Å². The molecule has 53 heavy (non-hydrogen) atoms. The van der Waals surface area contributed by atoms with E-state index in [0.29, 0.717) is 26.1 Å². The normalized spacial score (nSPS) is 12.7. The summed E-state index contributed by atoms with van der Waals surface area (Å²) in [6.07, 6.45) is 11.2. The van der Waals surface area contributed by atoms with Crippen LogP contribution in [0.4, 0.5) is 22.7 Å². The molecule has 0 spiro atoms. The Hall–Kier alpha value is -4.21. The zero-order valence-corrected chi connectivity index (χ0v) is 32.1. The molecule has 0 heterocycles. The first-order valence-corrected chi connectivity index (χ1v) is 20.5. The molecule has 0 aliphatic rings. The lowest BCUT2D eigenvalue weighted by Gasteiger charge is -2.22. The average Bonchev–Trinajstić information content (AvgIpc) is 3.18. The highest BCUT2D eigenvalue weighted by Gasteiger charge is 2.09. The van der Waals surface area contributed by atoms with Gasteiger partial charge in [0.2, 0.25) is 0 Å². The molecule has 0 aromatic heterocycles. The van der Waals surface area contributed by atoms with Gasteiger partial charge in [0.1, 0.15) is 11.5 Å². The van der Waals surface area contributed by atoms with Crippen molar-refractivity contribution in [2.45, 2.75) is 90.9 Å². The van der Waals surface area contributed by atoms with Crippen molar-refractivity contribution in [2.75, 3.05) is 26.4 Å². The molecule has 0 unspecified atom stereocenters. The Morgan fingerprint density at radius 2 is 0.774 bits per heavy atom. The van der Waals surface area contributed by atoms with E-state index in [9.17, 15) is 9.46 Å². The topological polar surface area (TPSA) is 126 Å². The van der Waals surface area contributed by atoms with E-state index in [-0.39, 0.29) is 13.2 Å². The fourth-order valence-electron chi connectivity index (χ4n) is 5.20. The molecule has 11 heteroatoms. The van der Waals surface area contributed by atoms with Crippen LogP contribution in [0.1, 0.15) is 89.2 Å². The monoisotopic (exact) mass is 741 g/mol. The second-order valence-corrected chi connectivity index (χ2v) is 14.3. The Morgan fingerprint density at radius 1 is 0.453 bits per heavy atom. The molecule has 0 bridgehead atoms. The minimum absolute atomic E-state index is 0.0855. The maximum atomic E-state index is 12.1. The van der Waals surface area contributed by atoms with Crippen molar-refractivity contribution in [1.29, 1.82) is 0 Å². The Bertz CT molecular complexity index is 1560. The lowest BCUT2D eigenvalue weighted by atomic mass is 10.1. The van der Waals surface area contributed by atoms with E-state index < -0.39 is 7.82 Å². The highest BCUT2D eigenvalue weighted by atomic mass is 31.2. The van der Waals surface area contributed by atoms with Crippen molar-refractivity contribution in [3.05, 3.63) is 108 Å². The summed E-state index contributed by atoms with van der Waals surface area (Å²) in [7, 11) is -4.32. The number of hydrogen-bond donors (Lipinski definition) is 0. The first kappa shape index (κ1) is 41.5. The van der Waals surface area contributed by atoms with Gasteiger partial charge < -0.3 is 23.4 Å².